The highest BCUT2D eigenvalue weighted by molar-refractivity contribution is 5.49. The van der Waals surface area contributed by atoms with Crippen molar-refractivity contribution >= 4 is 11.4 Å². The highest BCUT2D eigenvalue weighted by Crippen LogP contribution is 2.21. The Balaban J connectivity index is 2.17. The Morgan fingerprint density at radius 1 is 1.26 bits per heavy atom. The Morgan fingerprint density at radius 3 is 2.68 bits per heavy atom. The van der Waals surface area contributed by atoms with Crippen molar-refractivity contribution in [1.29, 1.82) is 0 Å². The minimum absolute atomic E-state index is 0.0301. The molecule has 0 aliphatic rings. The van der Waals surface area contributed by atoms with Gasteiger partial charge in [-0.1, -0.05) is 24.3 Å². The molecule has 0 aliphatic heterocycles. The molecular formula is C14H13FN2O2. The summed E-state index contributed by atoms with van der Waals surface area (Å²) in [5, 5.41) is 13.7. The third-order valence-corrected chi connectivity index (χ3v) is 2.78. The van der Waals surface area contributed by atoms with Crippen LogP contribution in [0.5, 0.6) is 0 Å². The van der Waals surface area contributed by atoms with E-state index in [-0.39, 0.29) is 18.0 Å². The number of hydrogen-bond donors (Lipinski definition) is 1. The van der Waals surface area contributed by atoms with Crippen LogP contribution in [0.1, 0.15) is 11.1 Å². The van der Waals surface area contributed by atoms with Crippen molar-refractivity contribution in [3.63, 3.8) is 0 Å². The van der Waals surface area contributed by atoms with E-state index >= 15 is 0 Å². The van der Waals surface area contributed by atoms with Crippen molar-refractivity contribution in [3.8, 4) is 0 Å². The summed E-state index contributed by atoms with van der Waals surface area (Å²) in [5.74, 6) is -0.362. The number of halogens is 1. The van der Waals surface area contributed by atoms with Gasteiger partial charge in [0.25, 0.3) is 5.69 Å². The first-order valence-electron chi connectivity index (χ1n) is 5.80. The van der Waals surface area contributed by atoms with Crippen molar-refractivity contribution in [1.82, 2.24) is 0 Å². The van der Waals surface area contributed by atoms with Crippen LogP contribution < -0.4 is 5.32 Å². The minimum Gasteiger partial charge on any atom is -0.378 e. The van der Waals surface area contributed by atoms with E-state index in [4.69, 9.17) is 0 Å². The number of rotatable bonds is 4. The summed E-state index contributed by atoms with van der Waals surface area (Å²) in [6, 6.07) is 11.2. The van der Waals surface area contributed by atoms with E-state index in [1.54, 1.807) is 37.3 Å². The van der Waals surface area contributed by atoms with Crippen molar-refractivity contribution < 1.29 is 9.31 Å². The van der Waals surface area contributed by atoms with Crippen LogP contribution in [-0.4, -0.2) is 4.92 Å². The molecule has 0 saturated carbocycles. The molecule has 2 aromatic carbocycles. The number of para-hydroxylation sites is 1. The molecule has 0 aliphatic carbocycles. The van der Waals surface area contributed by atoms with Crippen LogP contribution in [0.3, 0.4) is 0 Å². The van der Waals surface area contributed by atoms with Gasteiger partial charge in [0.15, 0.2) is 0 Å². The maximum absolute atomic E-state index is 13.6. The van der Waals surface area contributed by atoms with Crippen LogP contribution in [0.15, 0.2) is 42.5 Å². The molecule has 0 aromatic heterocycles. The van der Waals surface area contributed by atoms with Gasteiger partial charge in [0.2, 0.25) is 0 Å². The SMILES string of the molecule is Cc1ccc(NCc2ccccc2[N+](=O)[O-])c(F)c1. The largest absolute Gasteiger partial charge is 0.378 e. The summed E-state index contributed by atoms with van der Waals surface area (Å²) in [4.78, 5) is 10.4. The number of nitro groups is 1. The summed E-state index contributed by atoms with van der Waals surface area (Å²) in [6.45, 7) is 2.01. The van der Waals surface area contributed by atoms with Gasteiger partial charge in [-0.2, -0.15) is 0 Å². The Bertz CT molecular complexity index is 614. The van der Waals surface area contributed by atoms with Crippen LogP contribution in [-0.2, 0) is 6.54 Å². The molecule has 0 spiro atoms. The van der Waals surface area contributed by atoms with Crippen molar-refractivity contribution in [2.24, 2.45) is 0 Å². The molecule has 0 radical (unpaired) electrons. The highest BCUT2D eigenvalue weighted by Gasteiger charge is 2.12. The number of hydrogen-bond acceptors (Lipinski definition) is 3. The fourth-order valence-corrected chi connectivity index (χ4v) is 1.79. The standard InChI is InChI=1S/C14H13FN2O2/c1-10-6-7-13(12(15)8-10)16-9-11-4-2-3-5-14(11)17(18)19/h2-8,16H,9H2,1H3. The maximum atomic E-state index is 13.6. The fraction of sp³-hybridized carbons (Fsp3) is 0.143. The van der Waals surface area contributed by atoms with E-state index in [1.807, 2.05) is 0 Å². The first-order chi connectivity index (χ1) is 9.08. The van der Waals surface area contributed by atoms with Gasteiger partial charge in [0.05, 0.1) is 10.6 Å². The smallest absolute Gasteiger partial charge is 0.274 e. The van der Waals surface area contributed by atoms with Gasteiger partial charge in [-0.15, -0.1) is 0 Å². The topological polar surface area (TPSA) is 55.2 Å². The van der Waals surface area contributed by atoms with Gasteiger partial charge in [-0.25, -0.2) is 4.39 Å². The Labute approximate surface area is 110 Å². The lowest BCUT2D eigenvalue weighted by atomic mass is 10.1. The maximum Gasteiger partial charge on any atom is 0.274 e. The molecule has 0 saturated heterocycles. The third-order valence-electron chi connectivity index (χ3n) is 2.78. The molecule has 4 nitrogen and oxygen atoms in total. The van der Waals surface area contributed by atoms with Crippen LogP contribution >= 0.6 is 0 Å². The molecule has 0 fully saturated rings. The molecule has 2 aromatic rings. The minimum atomic E-state index is -0.442. The summed E-state index contributed by atoms with van der Waals surface area (Å²) in [5.41, 5.74) is 1.72. The average Bonchev–Trinajstić information content (AvgIpc) is 2.38. The zero-order valence-electron chi connectivity index (χ0n) is 10.4. The Kier molecular flexibility index (Phi) is 3.75. The number of nitrogens with zero attached hydrogens (tertiary/aromatic N) is 1. The van der Waals surface area contributed by atoms with Gasteiger partial charge >= 0.3 is 0 Å². The number of benzene rings is 2. The second-order valence-corrected chi connectivity index (χ2v) is 4.22. The zero-order valence-corrected chi connectivity index (χ0v) is 10.4. The van der Waals surface area contributed by atoms with Crippen LogP contribution in [0, 0.1) is 22.9 Å². The van der Waals surface area contributed by atoms with Gasteiger partial charge in [-0.3, -0.25) is 10.1 Å². The van der Waals surface area contributed by atoms with Crippen molar-refractivity contribution in [2.45, 2.75) is 13.5 Å². The molecule has 0 unspecified atom stereocenters. The van der Waals surface area contributed by atoms with E-state index in [1.165, 1.54) is 12.1 Å². The normalized spacial score (nSPS) is 10.2. The van der Waals surface area contributed by atoms with Gasteiger partial charge in [0, 0.05) is 18.2 Å². The van der Waals surface area contributed by atoms with Gasteiger partial charge in [-0.05, 0) is 24.6 Å². The summed E-state index contributed by atoms with van der Waals surface area (Å²) >= 11 is 0. The highest BCUT2D eigenvalue weighted by atomic mass is 19.1. The molecule has 5 heteroatoms. The monoisotopic (exact) mass is 260 g/mol. The number of aryl methyl sites for hydroxylation is 1. The fourth-order valence-electron chi connectivity index (χ4n) is 1.79. The van der Waals surface area contributed by atoms with Crippen molar-refractivity contribution in [3.05, 3.63) is 69.5 Å². The molecular weight excluding hydrogens is 247 g/mol. The summed E-state index contributed by atoms with van der Waals surface area (Å²) < 4.78 is 13.6. The molecule has 98 valence electrons. The van der Waals surface area contributed by atoms with Crippen LogP contribution in [0.2, 0.25) is 0 Å². The van der Waals surface area contributed by atoms with E-state index in [0.29, 0.717) is 11.3 Å². The average molecular weight is 260 g/mol. The molecule has 1 N–H and O–H groups in total. The Hall–Kier alpha value is -2.43. The summed E-state index contributed by atoms with van der Waals surface area (Å²) in [7, 11) is 0. The number of anilines is 1. The third kappa shape index (κ3) is 3.07. The van der Waals surface area contributed by atoms with E-state index in [9.17, 15) is 14.5 Å². The molecule has 0 atom stereocenters. The Morgan fingerprint density at radius 2 is 2.00 bits per heavy atom. The quantitative estimate of drug-likeness (QED) is 0.674. The molecule has 19 heavy (non-hydrogen) atoms. The van der Waals surface area contributed by atoms with Gasteiger partial charge < -0.3 is 5.32 Å². The predicted octanol–water partition coefficient (Wildman–Crippen LogP) is 3.65. The molecule has 2 rings (SSSR count). The summed E-state index contributed by atoms with van der Waals surface area (Å²) in [6.07, 6.45) is 0. The number of nitro benzene ring substituents is 1. The number of nitrogens with one attached hydrogen (secondary N) is 1. The van der Waals surface area contributed by atoms with E-state index in [0.717, 1.165) is 5.56 Å². The zero-order chi connectivity index (χ0) is 13.8. The van der Waals surface area contributed by atoms with Crippen LogP contribution in [0.4, 0.5) is 15.8 Å². The first-order valence-corrected chi connectivity index (χ1v) is 5.80. The molecule has 0 heterocycles. The predicted molar refractivity (Wildman–Crippen MR) is 71.6 cm³/mol. The van der Waals surface area contributed by atoms with Crippen LogP contribution in [0.25, 0.3) is 0 Å². The second kappa shape index (κ2) is 5.48. The second-order valence-electron chi connectivity index (χ2n) is 4.22. The molecule has 0 amide bonds. The lowest BCUT2D eigenvalue weighted by molar-refractivity contribution is -0.385. The lowest BCUT2D eigenvalue weighted by Gasteiger charge is -2.08. The lowest BCUT2D eigenvalue weighted by Crippen LogP contribution is -2.04. The molecule has 0 bridgehead atoms. The van der Waals surface area contributed by atoms with Gasteiger partial charge in [0.1, 0.15) is 5.82 Å². The van der Waals surface area contributed by atoms with E-state index < -0.39 is 4.92 Å². The van der Waals surface area contributed by atoms with E-state index in [2.05, 4.69) is 5.32 Å². The first kappa shape index (κ1) is 13.0. The van der Waals surface area contributed by atoms with Crippen molar-refractivity contribution in [2.75, 3.05) is 5.32 Å².